The minimum atomic E-state index is 0.452. The summed E-state index contributed by atoms with van der Waals surface area (Å²) >= 11 is 3.93. The van der Waals surface area contributed by atoms with Crippen molar-refractivity contribution in [3.63, 3.8) is 0 Å². The van der Waals surface area contributed by atoms with E-state index in [-0.39, 0.29) is 0 Å². The Morgan fingerprint density at radius 2 is 1.62 bits per heavy atom. The summed E-state index contributed by atoms with van der Waals surface area (Å²) in [4.78, 5) is 0.515. The highest BCUT2D eigenvalue weighted by Crippen LogP contribution is 2.50. The van der Waals surface area contributed by atoms with E-state index in [0.29, 0.717) is 10.2 Å². The third-order valence-electron chi connectivity index (χ3n) is 3.98. The molecule has 1 aliphatic carbocycles. The topological polar surface area (TPSA) is 0 Å². The molecule has 1 fully saturated rings. The molecule has 0 spiro atoms. The molecule has 0 N–H and O–H groups in total. The molecule has 0 aromatic heterocycles. The standard InChI is InChI=1S/C15H21Br/c1-12-6-8-13(9-7-12)14(16)15(2)10-4-3-5-11-15/h6-9,14H,3-5,10-11H2,1-2H3. The minimum Gasteiger partial charge on any atom is -0.0833 e. The molecular weight excluding hydrogens is 260 g/mol. The number of rotatable bonds is 2. The van der Waals surface area contributed by atoms with Crippen LogP contribution in [0.3, 0.4) is 0 Å². The smallest absolute Gasteiger partial charge is 0.0448 e. The first-order valence-corrected chi connectivity index (χ1v) is 7.24. The van der Waals surface area contributed by atoms with Crippen LogP contribution in [0.25, 0.3) is 0 Å². The molecule has 1 heteroatoms. The molecule has 1 aromatic carbocycles. The Morgan fingerprint density at radius 1 is 1.06 bits per heavy atom. The molecule has 88 valence electrons. The van der Waals surface area contributed by atoms with Crippen molar-refractivity contribution in [3.8, 4) is 0 Å². The maximum absolute atomic E-state index is 3.93. The van der Waals surface area contributed by atoms with Gasteiger partial charge < -0.3 is 0 Å². The van der Waals surface area contributed by atoms with Crippen LogP contribution >= 0.6 is 15.9 Å². The Bertz CT molecular complexity index is 333. The zero-order chi connectivity index (χ0) is 11.6. The molecule has 2 rings (SSSR count). The molecule has 1 unspecified atom stereocenters. The van der Waals surface area contributed by atoms with Gasteiger partial charge in [-0.3, -0.25) is 0 Å². The second kappa shape index (κ2) is 4.91. The van der Waals surface area contributed by atoms with E-state index in [0.717, 1.165) is 0 Å². The van der Waals surface area contributed by atoms with Crippen LogP contribution in [-0.4, -0.2) is 0 Å². The van der Waals surface area contributed by atoms with Gasteiger partial charge in [-0.2, -0.15) is 0 Å². The van der Waals surface area contributed by atoms with E-state index in [9.17, 15) is 0 Å². The van der Waals surface area contributed by atoms with Gasteiger partial charge in [-0.15, -0.1) is 0 Å². The first-order chi connectivity index (χ1) is 7.62. The number of alkyl halides is 1. The minimum absolute atomic E-state index is 0.452. The SMILES string of the molecule is Cc1ccc(C(Br)C2(C)CCCCC2)cc1. The van der Waals surface area contributed by atoms with Gasteiger partial charge in [0.15, 0.2) is 0 Å². The van der Waals surface area contributed by atoms with E-state index in [1.807, 2.05) is 0 Å². The van der Waals surface area contributed by atoms with Gasteiger partial charge in [0, 0.05) is 4.83 Å². The van der Waals surface area contributed by atoms with Gasteiger partial charge in [0.1, 0.15) is 0 Å². The summed E-state index contributed by atoms with van der Waals surface area (Å²) in [7, 11) is 0. The van der Waals surface area contributed by atoms with E-state index < -0.39 is 0 Å². The number of aryl methyl sites for hydroxylation is 1. The van der Waals surface area contributed by atoms with Crippen LogP contribution in [0, 0.1) is 12.3 Å². The van der Waals surface area contributed by atoms with Crippen molar-refractivity contribution in [1.29, 1.82) is 0 Å². The highest BCUT2D eigenvalue weighted by molar-refractivity contribution is 9.09. The summed E-state index contributed by atoms with van der Waals surface area (Å²) in [5.41, 5.74) is 3.24. The number of benzene rings is 1. The largest absolute Gasteiger partial charge is 0.0833 e. The maximum atomic E-state index is 3.93. The summed E-state index contributed by atoms with van der Waals surface area (Å²) in [5, 5.41) is 0. The highest BCUT2D eigenvalue weighted by atomic mass is 79.9. The van der Waals surface area contributed by atoms with Crippen LogP contribution in [0.4, 0.5) is 0 Å². The van der Waals surface area contributed by atoms with Gasteiger partial charge in [0.25, 0.3) is 0 Å². The van der Waals surface area contributed by atoms with Crippen LogP contribution in [0.2, 0.25) is 0 Å². The molecule has 1 aromatic rings. The van der Waals surface area contributed by atoms with Crippen LogP contribution in [0.1, 0.15) is 55.0 Å². The summed E-state index contributed by atoms with van der Waals surface area (Å²) in [5.74, 6) is 0. The van der Waals surface area contributed by atoms with Gasteiger partial charge in [0.05, 0.1) is 0 Å². The Hall–Kier alpha value is -0.300. The van der Waals surface area contributed by atoms with Crippen LogP contribution < -0.4 is 0 Å². The Kier molecular flexibility index (Phi) is 3.73. The van der Waals surface area contributed by atoms with E-state index in [1.165, 1.54) is 43.2 Å². The zero-order valence-electron chi connectivity index (χ0n) is 10.3. The molecular formula is C15H21Br. The molecule has 1 aliphatic rings. The number of halogens is 1. The van der Waals surface area contributed by atoms with Crippen LogP contribution in [0.15, 0.2) is 24.3 Å². The van der Waals surface area contributed by atoms with Gasteiger partial charge in [-0.05, 0) is 30.7 Å². The summed E-state index contributed by atoms with van der Waals surface area (Å²) in [6.45, 7) is 4.58. The number of hydrogen-bond donors (Lipinski definition) is 0. The third kappa shape index (κ3) is 2.51. The summed E-state index contributed by atoms with van der Waals surface area (Å²) < 4.78 is 0. The molecule has 16 heavy (non-hydrogen) atoms. The lowest BCUT2D eigenvalue weighted by atomic mass is 9.72. The fraction of sp³-hybridized carbons (Fsp3) is 0.600. The van der Waals surface area contributed by atoms with Crippen molar-refractivity contribution in [2.45, 2.75) is 50.8 Å². The molecule has 0 radical (unpaired) electrons. The fourth-order valence-electron chi connectivity index (χ4n) is 2.75. The predicted octanol–water partition coefficient (Wildman–Crippen LogP) is 5.40. The van der Waals surface area contributed by atoms with Crippen molar-refractivity contribution in [2.75, 3.05) is 0 Å². The van der Waals surface area contributed by atoms with Gasteiger partial charge >= 0.3 is 0 Å². The zero-order valence-corrected chi connectivity index (χ0v) is 11.9. The van der Waals surface area contributed by atoms with Crippen LogP contribution in [0.5, 0.6) is 0 Å². The second-order valence-electron chi connectivity index (χ2n) is 5.49. The lowest BCUT2D eigenvalue weighted by Gasteiger charge is -2.38. The van der Waals surface area contributed by atoms with E-state index >= 15 is 0 Å². The second-order valence-corrected chi connectivity index (χ2v) is 6.40. The molecule has 0 saturated heterocycles. The first kappa shape index (κ1) is 12.2. The molecule has 0 amide bonds. The quantitative estimate of drug-likeness (QED) is 0.636. The van der Waals surface area contributed by atoms with E-state index in [4.69, 9.17) is 0 Å². The van der Waals surface area contributed by atoms with Gasteiger partial charge in [-0.25, -0.2) is 0 Å². The third-order valence-corrected chi connectivity index (χ3v) is 5.61. The predicted molar refractivity (Wildman–Crippen MR) is 74.0 cm³/mol. The lowest BCUT2D eigenvalue weighted by Crippen LogP contribution is -2.25. The Balaban J connectivity index is 2.16. The fourth-order valence-corrected chi connectivity index (χ4v) is 3.51. The summed E-state index contributed by atoms with van der Waals surface area (Å²) in [6, 6.07) is 8.98. The van der Waals surface area contributed by atoms with Crippen molar-refractivity contribution < 1.29 is 0 Å². The number of hydrogen-bond acceptors (Lipinski definition) is 0. The molecule has 0 heterocycles. The van der Waals surface area contributed by atoms with Crippen molar-refractivity contribution in [3.05, 3.63) is 35.4 Å². The highest BCUT2D eigenvalue weighted by Gasteiger charge is 2.34. The molecule has 0 nitrogen and oxygen atoms in total. The average molecular weight is 281 g/mol. The Morgan fingerprint density at radius 3 is 2.19 bits per heavy atom. The van der Waals surface area contributed by atoms with Crippen molar-refractivity contribution >= 4 is 15.9 Å². The van der Waals surface area contributed by atoms with E-state index in [2.05, 4.69) is 54.0 Å². The Labute approximate surface area is 108 Å². The average Bonchev–Trinajstić information content (AvgIpc) is 2.30. The van der Waals surface area contributed by atoms with Crippen molar-refractivity contribution in [2.24, 2.45) is 5.41 Å². The monoisotopic (exact) mass is 280 g/mol. The molecule has 1 saturated carbocycles. The van der Waals surface area contributed by atoms with Crippen molar-refractivity contribution in [1.82, 2.24) is 0 Å². The van der Waals surface area contributed by atoms with Gasteiger partial charge in [-0.1, -0.05) is 71.9 Å². The molecule has 0 bridgehead atoms. The van der Waals surface area contributed by atoms with E-state index in [1.54, 1.807) is 0 Å². The van der Waals surface area contributed by atoms with Gasteiger partial charge in [0.2, 0.25) is 0 Å². The van der Waals surface area contributed by atoms with Crippen LogP contribution in [-0.2, 0) is 0 Å². The first-order valence-electron chi connectivity index (χ1n) is 6.32. The lowest BCUT2D eigenvalue weighted by molar-refractivity contribution is 0.213. The summed E-state index contributed by atoms with van der Waals surface area (Å²) in [6.07, 6.45) is 6.92. The normalized spacial score (nSPS) is 21.7. The maximum Gasteiger partial charge on any atom is 0.0448 e. The molecule has 0 aliphatic heterocycles. The molecule has 1 atom stereocenters.